The van der Waals surface area contributed by atoms with Crippen molar-refractivity contribution in [2.24, 2.45) is 4.99 Å². The minimum absolute atomic E-state index is 0.0517. The molecule has 0 bridgehead atoms. The van der Waals surface area contributed by atoms with Crippen LogP contribution in [0.25, 0.3) is 32.3 Å². The fourth-order valence-electron chi connectivity index (χ4n) is 4.85. The molecule has 0 heterocycles. The first-order chi connectivity index (χ1) is 16.8. The van der Waals surface area contributed by atoms with E-state index < -0.39 is 0 Å². The van der Waals surface area contributed by atoms with Crippen molar-refractivity contribution in [2.75, 3.05) is 0 Å². The molecule has 6 rings (SSSR count). The topological polar surface area (TPSA) is 12.4 Å². The Balaban J connectivity index is 1.41. The molecule has 0 saturated heterocycles. The van der Waals surface area contributed by atoms with Gasteiger partial charge in [-0.25, -0.2) is 0 Å². The molecule has 0 fully saturated rings. The Morgan fingerprint density at radius 3 is 1.68 bits per heavy atom. The third-order valence-corrected chi connectivity index (χ3v) is 6.62. The lowest BCUT2D eigenvalue weighted by atomic mass is 9.95. The van der Waals surface area contributed by atoms with E-state index in [-0.39, 0.29) is 6.04 Å². The number of benzene rings is 6. The van der Waals surface area contributed by atoms with E-state index >= 15 is 0 Å². The van der Waals surface area contributed by atoms with Crippen molar-refractivity contribution in [2.45, 2.75) is 12.5 Å². The number of hydrogen-bond acceptors (Lipinski definition) is 1. The highest BCUT2D eigenvalue weighted by Gasteiger charge is 2.14. The standard InChI is InChI=1S/C33H25N/c1-3-11-28-22-30(18-16-24(28)8-1)33(31-19-17-25-9-2-4-12-29(25)23-31)34-21-20-27-14-7-13-26-10-5-6-15-32(26)27/h1-19,21-23,33H,20H2. The van der Waals surface area contributed by atoms with Gasteiger partial charge in [0.05, 0.1) is 6.04 Å². The fraction of sp³-hybridized carbons (Fsp3) is 0.0606. The molecule has 0 amide bonds. The maximum Gasteiger partial charge on any atom is 0.0996 e. The molecule has 1 heteroatoms. The van der Waals surface area contributed by atoms with Gasteiger partial charge < -0.3 is 0 Å². The van der Waals surface area contributed by atoms with Crippen molar-refractivity contribution in [3.63, 3.8) is 0 Å². The molecule has 162 valence electrons. The van der Waals surface area contributed by atoms with E-state index in [1.165, 1.54) is 49.0 Å². The molecule has 0 aromatic heterocycles. The summed E-state index contributed by atoms with van der Waals surface area (Å²) in [4.78, 5) is 5.15. The van der Waals surface area contributed by atoms with E-state index in [4.69, 9.17) is 4.99 Å². The molecule has 0 N–H and O–H groups in total. The van der Waals surface area contributed by atoms with E-state index in [9.17, 15) is 0 Å². The normalized spacial score (nSPS) is 11.8. The SMILES string of the molecule is C(Cc1cccc2ccccc12)=NC(c1ccc2ccccc2c1)c1ccc2ccccc2c1. The van der Waals surface area contributed by atoms with Crippen molar-refractivity contribution in [3.8, 4) is 0 Å². The minimum Gasteiger partial charge on any atom is -0.284 e. The number of rotatable bonds is 5. The molecule has 0 radical (unpaired) electrons. The van der Waals surface area contributed by atoms with Crippen LogP contribution in [0.3, 0.4) is 0 Å². The van der Waals surface area contributed by atoms with Crippen molar-refractivity contribution in [3.05, 3.63) is 144 Å². The molecule has 0 atom stereocenters. The quantitative estimate of drug-likeness (QED) is 0.241. The zero-order chi connectivity index (χ0) is 22.7. The summed E-state index contributed by atoms with van der Waals surface area (Å²) in [5, 5.41) is 7.56. The summed E-state index contributed by atoms with van der Waals surface area (Å²) >= 11 is 0. The van der Waals surface area contributed by atoms with Gasteiger partial charge in [0.15, 0.2) is 0 Å². The van der Waals surface area contributed by atoms with E-state index in [0.29, 0.717) is 0 Å². The predicted octanol–water partition coefficient (Wildman–Crippen LogP) is 8.55. The molecule has 0 aliphatic heterocycles. The van der Waals surface area contributed by atoms with Gasteiger partial charge in [-0.05, 0) is 61.1 Å². The van der Waals surface area contributed by atoms with Gasteiger partial charge in [0.1, 0.15) is 0 Å². The van der Waals surface area contributed by atoms with Gasteiger partial charge >= 0.3 is 0 Å². The van der Waals surface area contributed by atoms with Crippen LogP contribution >= 0.6 is 0 Å². The zero-order valence-electron chi connectivity index (χ0n) is 18.9. The number of aliphatic imine (C=N–C) groups is 1. The molecular weight excluding hydrogens is 410 g/mol. The summed E-state index contributed by atoms with van der Waals surface area (Å²) in [6, 6.07) is 45.5. The highest BCUT2D eigenvalue weighted by molar-refractivity contribution is 5.88. The van der Waals surface area contributed by atoms with Crippen LogP contribution in [0, 0.1) is 0 Å². The lowest BCUT2D eigenvalue weighted by molar-refractivity contribution is 0.878. The minimum atomic E-state index is -0.0517. The first-order valence-electron chi connectivity index (χ1n) is 11.8. The molecular formula is C33H25N. The summed E-state index contributed by atoms with van der Waals surface area (Å²) in [6.45, 7) is 0. The molecule has 0 aliphatic carbocycles. The van der Waals surface area contributed by atoms with E-state index in [1.54, 1.807) is 0 Å². The molecule has 0 saturated carbocycles. The number of nitrogens with zero attached hydrogens (tertiary/aromatic N) is 1. The van der Waals surface area contributed by atoms with Crippen LogP contribution in [0.2, 0.25) is 0 Å². The van der Waals surface area contributed by atoms with Gasteiger partial charge in [0.25, 0.3) is 0 Å². The van der Waals surface area contributed by atoms with Crippen molar-refractivity contribution >= 4 is 38.5 Å². The maximum atomic E-state index is 5.15. The van der Waals surface area contributed by atoms with Crippen LogP contribution in [0.15, 0.2) is 132 Å². The first kappa shape index (κ1) is 20.4. The second-order valence-electron chi connectivity index (χ2n) is 8.79. The Morgan fingerprint density at radius 1 is 0.500 bits per heavy atom. The van der Waals surface area contributed by atoms with Crippen LogP contribution in [0.1, 0.15) is 22.7 Å². The lowest BCUT2D eigenvalue weighted by Gasteiger charge is -2.16. The van der Waals surface area contributed by atoms with Gasteiger partial charge in [0, 0.05) is 12.6 Å². The number of fused-ring (bicyclic) bond motifs is 3. The van der Waals surface area contributed by atoms with Gasteiger partial charge in [-0.2, -0.15) is 0 Å². The Labute approximate surface area is 200 Å². The average Bonchev–Trinajstić information content (AvgIpc) is 2.91. The van der Waals surface area contributed by atoms with Crippen molar-refractivity contribution in [1.29, 1.82) is 0 Å². The molecule has 34 heavy (non-hydrogen) atoms. The van der Waals surface area contributed by atoms with E-state index in [1.807, 2.05) is 0 Å². The predicted molar refractivity (Wildman–Crippen MR) is 146 cm³/mol. The fourth-order valence-corrected chi connectivity index (χ4v) is 4.85. The molecule has 6 aromatic carbocycles. The largest absolute Gasteiger partial charge is 0.284 e. The zero-order valence-corrected chi connectivity index (χ0v) is 18.9. The summed E-state index contributed by atoms with van der Waals surface area (Å²) < 4.78 is 0. The molecule has 0 aliphatic rings. The summed E-state index contributed by atoms with van der Waals surface area (Å²) in [6.07, 6.45) is 2.90. The lowest BCUT2D eigenvalue weighted by Crippen LogP contribution is -2.00. The van der Waals surface area contributed by atoms with E-state index in [2.05, 4.69) is 134 Å². The van der Waals surface area contributed by atoms with Gasteiger partial charge in [0.2, 0.25) is 0 Å². The van der Waals surface area contributed by atoms with Crippen molar-refractivity contribution < 1.29 is 0 Å². The maximum absolute atomic E-state index is 5.15. The summed E-state index contributed by atoms with van der Waals surface area (Å²) in [5.74, 6) is 0. The third kappa shape index (κ3) is 3.97. The second-order valence-corrected chi connectivity index (χ2v) is 8.79. The highest BCUT2D eigenvalue weighted by atomic mass is 14.8. The van der Waals surface area contributed by atoms with Gasteiger partial charge in [-0.15, -0.1) is 0 Å². The second kappa shape index (κ2) is 8.96. The van der Waals surface area contributed by atoms with E-state index in [0.717, 1.165) is 6.42 Å². The smallest absolute Gasteiger partial charge is 0.0996 e. The Bertz CT molecular complexity index is 1560. The summed E-state index contributed by atoms with van der Waals surface area (Å²) in [7, 11) is 0. The molecule has 0 unspecified atom stereocenters. The molecule has 6 aromatic rings. The Hall–Kier alpha value is -4.23. The third-order valence-electron chi connectivity index (χ3n) is 6.62. The Kier molecular flexibility index (Phi) is 5.37. The van der Waals surface area contributed by atoms with Gasteiger partial charge in [-0.3, -0.25) is 4.99 Å². The molecule has 1 nitrogen and oxygen atoms in total. The van der Waals surface area contributed by atoms with Crippen LogP contribution in [-0.4, -0.2) is 6.21 Å². The highest BCUT2D eigenvalue weighted by Crippen LogP contribution is 2.31. The molecule has 0 spiro atoms. The van der Waals surface area contributed by atoms with Crippen LogP contribution in [-0.2, 0) is 6.42 Å². The van der Waals surface area contributed by atoms with Crippen LogP contribution in [0.5, 0.6) is 0 Å². The monoisotopic (exact) mass is 435 g/mol. The number of hydrogen-bond donors (Lipinski definition) is 0. The van der Waals surface area contributed by atoms with Gasteiger partial charge in [-0.1, -0.05) is 115 Å². The average molecular weight is 436 g/mol. The first-order valence-corrected chi connectivity index (χ1v) is 11.8. The Morgan fingerprint density at radius 2 is 1.03 bits per heavy atom. The van der Waals surface area contributed by atoms with Crippen molar-refractivity contribution in [1.82, 2.24) is 0 Å². The van der Waals surface area contributed by atoms with Crippen LogP contribution in [0.4, 0.5) is 0 Å². The van der Waals surface area contributed by atoms with Crippen LogP contribution < -0.4 is 0 Å². The summed E-state index contributed by atoms with van der Waals surface area (Å²) in [5.41, 5.74) is 3.73.